The second kappa shape index (κ2) is 18.1. The Labute approximate surface area is 330 Å². The van der Waals surface area contributed by atoms with Gasteiger partial charge in [-0.1, -0.05) is 90.6 Å². The number of rotatable bonds is 17. The van der Waals surface area contributed by atoms with E-state index in [0.717, 1.165) is 6.42 Å². The van der Waals surface area contributed by atoms with Crippen molar-refractivity contribution in [3.63, 3.8) is 0 Å². The lowest BCUT2D eigenvalue weighted by atomic mass is 9.83. The molecular weight excluding hydrogens is 713 g/mol. The maximum Gasteiger partial charge on any atom is 0.413 e. The Morgan fingerprint density at radius 1 is 0.964 bits per heavy atom. The molecule has 2 aromatic rings. The van der Waals surface area contributed by atoms with Crippen molar-refractivity contribution in [2.45, 2.75) is 98.2 Å². The van der Waals surface area contributed by atoms with Crippen molar-refractivity contribution in [1.29, 1.82) is 0 Å². The minimum Gasteiger partial charge on any atom is -0.410 e. The van der Waals surface area contributed by atoms with E-state index in [9.17, 15) is 33.6 Å². The van der Waals surface area contributed by atoms with E-state index in [4.69, 9.17) is 11.2 Å². The highest BCUT2D eigenvalue weighted by Crippen LogP contribution is 2.65. The molecule has 12 nitrogen and oxygen atoms in total. The van der Waals surface area contributed by atoms with Gasteiger partial charge in [0.1, 0.15) is 17.8 Å². The predicted octanol–water partition coefficient (Wildman–Crippen LogP) is 5.28. The molecule has 0 bridgehead atoms. The average molecular weight is 769 g/mol. The zero-order chi connectivity index (χ0) is 41.5. The molecule has 0 radical (unpaired) electrons. The molecular formula is C44H56N4O8. The first kappa shape index (κ1) is 43.4. The van der Waals surface area contributed by atoms with Gasteiger partial charge in [-0.25, -0.2) is 4.79 Å². The first-order valence-electron chi connectivity index (χ1n) is 19.3. The number of amides is 4. The standard InChI is InChI=1S/C44H56N4O8/c1-10-12-16-29(38(52)32(49)23-24-34(51)45-36(40(53)47(8)9)28-17-14-13-15-18-28)25-33(50)37-35-31(44(35,6)7)26-48(37)41(54)39(43(3,4)5)46-42(55)56-30-21-19-27(11-2)20-22-30/h2,13-15,17-22,29,31,35-37,39H,10,12,16,23-26H2,1,3-9H3,(H,45,51)(H,46,55)/t29?,31?,35?,36-,37+,39+/m0/s1. The number of hydrogen-bond donors (Lipinski definition) is 2. The molecule has 0 spiro atoms. The van der Waals surface area contributed by atoms with Gasteiger partial charge in [0.05, 0.1) is 6.04 Å². The minimum atomic E-state index is -1.05. The fraction of sp³-hybridized carbons (Fsp3) is 0.523. The molecule has 1 saturated carbocycles. The van der Waals surface area contributed by atoms with Crippen LogP contribution in [-0.2, 0) is 28.8 Å². The average Bonchev–Trinajstić information content (AvgIpc) is 3.45. The van der Waals surface area contributed by atoms with Crippen LogP contribution >= 0.6 is 0 Å². The van der Waals surface area contributed by atoms with E-state index < -0.39 is 58.9 Å². The summed E-state index contributed by atoms with van der Waals surface area (Å²) < 4.78 is 5.45. The number of nitrogens with one attached hydrogen (secondary N) is 2. The molecule has 2 fully saturated rings. The number of Topliss-reactive ketones (excluding diaryl/α,β-unsaturated/α-hetero) is 3. The zero-order valence-electron chi connectivity index (χ0n) is 33.8. The highest BCUT2D eigenvalue weighted by Gasteiger charge is 2.69. The van der Waals surface area contributed by atoms with Crippen LogP contribution in [0, 0.1) is 40.9 Å². The summed E-state index contributed by atoms with van der Waals surface area (Å²) in [6.45, 7) is 11.8. The highest BCUT2D eigenvalue weighted by molar-refractivity contribution is 6.38. The number of ether oxygens (including phenoxy) is 1. The second-order valence-electron chi connectivity index (χ2n) is 16.8. The van der Waals surface area contributed by atoms with E-state index >= 15 is 0 Å². The molecule has 1 heterocycles. The number of carbonyl (C=O) groups excluding carboxylic acids is 7. The molecule has 0 aromatic heterocycles. The predicted molar refractivity (Wildman–Crippen MR) is 211 cm³/mol. The van der Waals surface area contributed by atoms with Gasteiger partial charge in [0.25, 0.3) is 0 Å². The van der Waals surface area contributed by atoms with Gasteiger partial charge in [-0.2, -0.15) is 0 Å². The second-order valence-corrected chi connectivity index (χ2v) is 16.8. The van der Waals surface area contributed by atoms with Crippen molar-refractivity contribution < 1.29 is 38.3 Å². The van der Waals surface area contributed by atoms with E-state index in [1.807, 2.05) is 27.7 Å². The number of nitrogens with zero attached hydrogens (tertiary/aromatic N) is 2. The number of likely N-dealkylation sites (N-methyl/N-ethyl adjacent to an activating group) is 1. The van der Waals surface area contributed by atoms with Crippen LogP contribution in [0.1, 0.15) is 97.2 Å². The smallest absolute Gasteiger partial charge is 0.410 e. The van der Waals surface area contributed by atoms with E-state index in [2.05, 4.69) is 30.4 Å². The number of benzene rings is 2. The highest BCUT2D eigenvalue weighted by atomic mass is 16.6. The Morgan fingerprint density at radius 3 is 2.18 bits per heavy atom. The monoisotopic (exact) mass is 768 g/mol. The van der Waals surface area contributed by atoms with Crippen molar-refractivity contribution >= 4 is 41.2 Å². The van der Waals surface area contributed by atoms with Crippen molar-refractivity contribution in [1.82, 2.24) is 20.4 Å². The summed E-state index contributed by atoms with van der Waals surface area (Å²) in [5, 5.41) is 5.42. The molecule has 4 rings (SSSR count). The Hall–Kier alpha value is -5.31. The van der Waals surface area contributed by atoms with E-state index in [1.165, 1.54) is 9.80 Å². The van der Waals surface area contributed by atoms with Crippen molar-refractivity contribution in [3.8, 4) is 18.1 Å². The lowest BCUT2D eigenvalue weighted by molar-refractivity contribution is -0.145. The van der Waals surface area contributed by atoms with Crippen LogP contribution < -0.4 is 15.4 Å². The summed E-state index contributed by atoms with van der Waals surface area (Å²) in [7, 11) is 3.16. The largest absolute Gasteiger partial charge is 0.413 e. The molecule has 4 amide bonds. The normalized spacial score (nSPS) is 19.6. The van der Waals surface area contributed by atoms with Crippen molar-refractivity contribution in [2.75, 3.05) is 20.6 Å². The van der Waals surface area contributed by atoms with Crippen LogP contribution in [0.15, 0.2) is 54.6 Å². The molecule has 3 unspecified atom stereocenters. The Morgan fingerprint density at radius 2 is 1.61 bits per heavy atom. The van der Waals surface area contributed by atoms with Gasteiger partial charge in [0, 0.05) is 51.4 Å². The Bertz CT molecular complexity index is 1840. The van der Waals surface area contributed by atoms with Crippen LogP contribution in [0.5, 0.6) is 5.75 Å². The first-order valence-corrected chi connectivity index (χ1v) is 19.3. The zero-order valence-corrected chi connectivity index (χ0v) is 33.8. The van der Waals surface area contributed by atoms with Gasteiger partial charge >= 0.3 is 6.09 Å². The number of likely N-dealkylation sites (tertiary alicyclic amines) is 1. The maximum atomic E-state index is 14.3. The number of hydrogen-bond acceptors (Lipinski definition) is 8. The number of carbonyl (C=O) groups is 7. The van der Waals surface area contributed by atoms with E-state index in [0.29, 0.717) is 30.5 Å². The summed E-state index contributed by atoms with van der Waals surface area (Å²) in [5.41, 5.74) is 0.211. The lowest BCUT2D eigenvalue weighted by Gasteiger charge is -2.37. The summed E-state index contributed by atoms with van der Waals surface area (Å²) in [6.07, 6.45) is 5.27. The van der Waals surface area contributed by atoms with Gasteiger partial charge in [0.2, 0.25) is 23.5 Å². The fourth-order valence-electron chi connectivity index (χ4n) is 7.71. The fourth-order valence-corrected chi connectivity index (χ4v) is 7.71. The van der Waals surface area contributed by atoms with Crippen LogP contribution in [0.4, 0.5) is 4.79 Å². The number of fused-ring (bicyclic) bond motifs is 1. The molecule has 1 aliphatic carbocycles. The topological polar surface area (TPSA) is 159 Å². The molecule has 1 saturated heterocycles. The summed E-state index contributed by atoms with van der Waals surface area (Å²) in [6, 6.07) is 12.3. The minimum absolute atomic E-state index is 0.0478. The van der Waals surface area contributed by atoms with Crippen LogP contribution in [0.25, 0.3) is 0 Å². The molecule has 6 atom stereocenters. The van der Waals surface area contributed by atoms with Gasteiger partial charge in [-0.15, -0.1) is 6.42 Å². The van der Waals surface area contributed by atoms with E-state index in [1.54, 1.807) is 68.7 Å². The maximum absolute atomic E-state index is 14.3. The Kier molecular flexibility index (Phi) is 14.0. The summed E-state index contributed by atoms with van der Waals surface area (Å²) in [4.78, 5) is 97.5. The van der Waals surface area contributed by atoms with Gasteiger partial charge < -0.3 is 25.2 Å². The molecule has 2 aromatic carbocycles. The molecule has 2 aliphatic rings. The van der Waals surface area contributed by atoms with Crippen LogP contribution in [-0.4, -0.2) is 83.7 Å². The molecule has 12 heteroatoms. The lowest BCUT2D eigenvalue weighted by Crippen LogP contribution is -2.58. The van der Waals surface area contributed by atoms with Gasteiger partial charge in [-0.3, -0.25) is 28.8 Å². The summed E-state index contributed by atoms with van der Waals surface area (Å²) >= 11 is 0. The van der Waals surface area contributed by atoms with Crippen molar-refractivity contribution in [2.24, 2.45) is 28.6 Å². The SMILES string of the molecule is C#Cc1ccc(OC(=O)N[C@H](C(=O)N2CC3C([C@H]2C(=O)CC(CCCC)C(=O)C(=O)CCC(=O)N[C@H](C(=O)N(C)C)c2ccccc2)C3(C)C)C(C)(C)C)cc1. The molecule has 2 N–H and O–H groups in total. The van der Waals surface area contributed by atoms with Gasteiger partial charge in [-0.05, 0) is 58.9 Å². The molecule has 56 heavy (non-hydrogen) atoms. The van der Waals surface area contributed by atoms with Gasteiger partial charge in [0.15, 0.2) is 11.6 Å². The molecule has 1 aliphatic heterocycles. The Balaban J connectivity index is 1.46. The number of piperidine rings is 1. The first-order chi connectivity index (χ1) is 26.3. The van der Waals surface area contributed by atoms with Crippen LogP contribution in [0.2, 0.25) is 0 Å². The van der Waals surface area contributed by atoms with Crippen molar-refractivity contribution in [3.05, 3.63) is 65.7 Å². The van der Waals surface area contributed by atoms with Crippen LogP contribution in [0.3, 0.4) is 0 Å². The quantitative estimate of drug-likeness (QED) is 0.163. The molecule has 300 valence electrons. The number of unbranched alkanes of at least 4 members (excludes halogenated alkanes) is 1. The third kappa shape index (κ3) is 10.3. The third-order valence-electron chi connectivity index (χ3n) is 11.1. The summed E-state index contributed by atoms with van der Waals surface area (Å²) in [5.74, 6) is -1.42. The number of terminal acetylenes is 1. The number of ketones is 3. The third-order valence-corrected chi connectivity index (χ3v) is 11.1. The van der Waals surface area contributed by atoms with E-state index in [-0.39, 0.29) is 54.0 Å².